The van der Waals surface area contributed by atoms with E-state index in [-0.39, 0.29) is 0 Å². The molecule has 0 atom stereocenters. The molecule has 0 spiro atoms. The van der Waals surface area contributed by atoms with Crippen LogP contribution in [0.5, 0.6) is 0 Å². The van der Waals surface area contributed by atoms with Crippen molar-refractivity contribution in [1.29, 1.82) is 0 Å². The fourth-order valence-electron chi connectivity index (χ4n) is 7.56. The van der Waals surface area contributed by atoms with E-state index in [0.717, 1.165) is 39.4 Å². The van der Waals surface area contributed by atoms with Gasteiger partial charge in [-0.3, -0.25) is 0 Å². The molecule has 50 heavy (non-hydrogen) atoms. The molecular weight excluding hydrogens is 607 g/mol. The molecule has 0 aliphatic heterocycles. The van der Waals surface area contributed by atoms with Crippen molar-refractivity contribution in [3.8, 4) is 22.5 Å². The number of anilines is 3. The van der Waals surface area contributed by atoms with E-state index in [1.165, 1.54) is 54.2 Å². The van der Waals surface area contributed by atoms with Gasteiger partial charge in [0.15, 0.2) is 0 Å². The maximum absolute atomic E-state index is 6.33. The zero-order chi connectivity index (χ0) is 33.0. The van der Waals surface area contributed by atoms with Crippen LogP contribution in [0, 0.1) is 0 Å². The second kappa shape index (κ2) is 11.5. The Balaban J connectivity index is 1.13. The second-order valence-corrected chi connectivity index (χ2v) is 13.0. The topological polar surface area (TPSA) is 16.4 Å². The average Bonchev–Trinajstić information content (AvgIpc) is 3.63. The third-order valence-electron chi connectivity index (χ3n) is 10.0. The molecule has 1 aromatic heterocycles. The number of benzene rings is 9. The molecule has 0 aliphatic carbocycles. The maximum atomic E-state index is 6.33. The van der Waals surface area contributed by atoms with Gasteiger partial charge in [-0.05, 0) is 97.4 Å². The predicted molar refractivity (Wildman–Crippen MR) is 212 cm³/mol. The lowest BCUT2D eigenvalue weighted by molar-refractivity contribution is 0.631. The third kappa shape index (κ3) is 4.73. The van der Waals surface area contributed by atoms with Gasteiger partial charge in [0.25, 0.3) is 0 Å². The summed E-state index contributed by atoms with van der Waals surface area (Å²) in [7, 11) is 0. The number of fused-ring (bicyclic) bond motifs is 7. The highest BCUT2D eigenvalue weighted by molar-refractivity contribution is 6.14. The molecule has 234 valence electrons. The summed E-state index contributed by atoms with van der Waals surface area (Å²) in [6.45, 7) is 0. The van der Waals surface area contributed by atoms with E-state index in [1.807, 2.05) is 18.2 Å². The van der Waals surface area contributed by atoms with Crippen molar-refractivity contribution in [3.05, 3.63) is 188 Å². The summed E-state index contributed by atoms with van der Waals surface area (Å²) >= 11 is 0. The van der Waals surface area contributed by atoms with Crippen molar-refractivity contribution in [2.24, 2.45) is 0 Å². The lowest BCUT2D eigenvalue weighted by Crippen LogP contribution is -2.10. The molecule has 10 aromatic rings. The van der Waals surface area contributed by atoms with Gasteiger partial charge >= 0.3 is 0 Å². The van der Waals surface area contributed by atoms with Crippen LogP contribution in [0.1, 0.15) is 0 Å². The Hall–Kier alpha value is -6.64. The first-order chi connectivity index (χ1) is 24.8. The SMILES string of the molecule is c1cc(-c2cc3ccccc3o2)cc(N(c2ccc(-c3ccc4c(ccc5ccccc54)c3)cc2)c2cc3ccccc3c3ccccc23)c1. The molecule has 0 bridgehead atoms. The minimum atomic E-state index is 0.857. The molecule has 2 heteroatoms. The summed E-state index contributed by atoms with van der Waals surface area (Å²) in [6, 6.07) is 67.6. The average molecular weight is 638 g/mol. The lowest BCUT2D eigenvalue weighted by atomic mass is 9.97. The Kier molecular flexibility index (Phi) is 6.53. The van der Waals surface area contributed by atoms with Gasteiger partial charge in [0.2, 0.25) is 0 Å². The molecule has 0 aliphatic rings. The van der Waals surface area contributed by atoms with Gasteiger partial charge in [-0.25, -0.2) is 0 Å². The van der Waals surface area contributed by atoms with Gasteiger partial charge in [0.1, 0.15) is 11.3 Å². The largest absolute Gasteiger partial charge is 0.456 e. The summed E-state index contributed by atoms with van der Waals surface area (Å²) in [4.78, 5) is 2.39. The molecule has 0 unspecified atom stereocenters. The van der Waals surface area contributed by atoms with E-state index >= 15 is 0 Å². The smallest absolute Gasteiger partial charge is 0.135 e. The van der Waals surface area contributed by atoms with Gasteiger partial charge in [-0.1, -0.05) is 140 Å². The highest BCUT2D eigenvalue weighted by Gasteiger charge is 2.19. The highest BCUT2D eigenvalue weighted by atomic mass is 16.3. The van der Waals surface area contributed by atoms with Crippen LogP contribution >= 0.6 is 0 Å². The number of furan rings is 1. The number of hydrogen-bond acceptors (Lipinski definition) is 2. The molecule has 1 heterocycles. The van der Waals surface area contributed by atoms with Gasteiger partial charge in [0, 0.05) is 27.7 Å². The van der Waals surface area contributed by atoms with E-state index in [9.17, 15) is 0 Å². The molecule has 2 nitrogen and oxygen atoms in total. The van der Waals surface area contributed by atoms with Crippen molar-refractivity contribution in [2.45, 2.75) is 0 Å². The van der Waals surface area contributed by atoms with Crippen LogP contribution in [0.4, 0.5) is 17.1 Å². The monoisotopic (exact) mass is 637 g/mol. The normalized spacial score (nSPS) is 11.6. The standard InChI is InChI=1S/C48H31NO/c1-4-15-41-33(10-1)20-21-36-28-34(24-27-43(36)41)32-22-25-39(26-23-32)49(46-30-35-11-2-5-16-42(35)44-17-6-7-18-45(44)46)40-14-9-13-37(29-40)48-31-38-12-3-8-19-47(38)50-48/h1-31H. The van der Waals surface area contributed by atoms with Gasteiger partial charge in [-0.2, -0.15) is 0 Å². The van der Waals surface area contributed by atoms with Crippen LogP contribution in [0.2, 0.25) is 0 Å². The van der Waals surface area contributed by atoms with Crippen molar-refractivity contribution in [1.82, 2.24) is 0 Å². The maximum Gasteiger partial charge on any atom is 0.135 e. The van der Waals surface area contributed by atoms with E-state index in [1.54, 1.807) is 0 Å². The Morgan fingerprint density at radius 1 is 0.320 bits per heavy atom. The molecule has 0 saturated heterocycles. The fraction of sp³-hybridized carbons (Fsp3) is 0. The number of rotatable bonds is 5. The summed E-state index contributed by atoms with van der Waals surface area (Å²) in [6.07, 6.45) is 0. The van der Waals surface area contributed by atoms with Crippen LogP contribution in [0.15, 0.2) is 192 Å². The van der Waals surface area contributed by atoms with Crippen molar-refractivity contribution >= 4 is 71.1 Å². The van der Waals surface area contributed by atoms with E-state index in [0.29, 0.717) is 0 Å². The summed E-state index contributed by atoms with van der Waals surface area (Å²) in [5.41, 5.74) is 7.59. The van der Waals surface area contributed by atoms with Gasteiger partial charge in [0.05, 0.1) is 5.69 Å². The summed E-state index contributed by atoms with van der Waals surface area (Å²) in [5.74, 6) is 0.857. The molecule has 0 N–H and O–H groups in total. The quantitative estimate of drug-likeness (QED) is 0.175. The van der Waals surface area contributed by atoms with Gasteiger partial charge in [-0.15, -0.1) is 0 Å². The van der Waals surface area contributed by atoms with Crippen molar-refractivity contribution < 1.29 is 4.42 Å². The Labute approximate surface area is 290 Å². The minimum Gasteiger partial charge on any atom is -0.456 e. The van der Waals surface area contributed by atoms with Crippen molar-refractivity contribution in [2.75, 3.05) is 4.90 Å². The Bertz CT molecular complexity index is 2850. The van der Waals surface area contributed by atoms with E-state index in [4.69, 9.17) is 4.42 Å². The number of hydrogen-bond donors (Lipinski definition) is 0. The zero-order valence-corrected chi connectivity index (χ0v) is 27.3. The van der Waals surface area contributed by atoms with Crippen LogP contribution in [0.3, 0.4) is 0 Å². The number of para-hydroxylation sites is 1. The summed E-state index contributed by atoms with van der Waals surface area (Å²) in [5, 5.41) is 11.1. The van der Waals surface area contributed by atoms with Crippen LogP contribution in [-0.2, 0) is 0 Å². The Morgan fingerprint density at radius 3 is 1.76 bits per heavy atom. The first-order valence-corrected chi connectivity index (χ1v) is 17.1. The van der Waals surface area contributed by atoms with Crippen LogP contribution in [0.25, 0.3) is 76.5 Å². The third-order valence-corrected chi connectivity index (χ3v) is 10.0. The summed E-state index contributed by atoms with van der Waals surface area (Å²) < 4.78 is 6.33. The minimum absolute atomic E-state index is 0.857. The molecule has 0 fully saturated rings. The first kappa shape index (κ1) is 28.4. The lowest BCUT2D eigenvalue weighted by Gasteiger charge is -2.28. The van der Waals surface area contributed by atoms with Crippen LogP contribution in [-0.4, -0.2) is 0 Å². The van der Waals surface area contributed by atoms with E-state index in [2.05, 4.69) is 175 Å². The second-order valence-electron chi connectivity index (χ2n) is 13.0. The zero-order valence-electron chi connectivity index (χ0n) is 27.3. The fourth-order valence-corrected chi connectivity index (χ4v) is 7.56. The molecule has 0 amide bonds. The predicted octanol–water partition coefficient (Wildman–Crippen LogP) is 13.8. The molecule has 0 radical (unpaired) electrons. The Morgan fingerprint density at radius 2 is 0.940 bits per heavy atom. The highest BCUT2D eigenvalue weighted by Crippen LogP contribution is 2.43. The van der Waals surface area contributed by atoms with Crippen molar-refractivity contribution in [3.63, 3.8) is 0 Å². The van der Waals surface area contributed by atoms with E-state index < -0.39 is 0 Å². The first-order valence-electron chi connectivity index (χ1n) is 17.1. The molecule has 9 aromatic carbocycles. The molecule has 10 rings (SSSR count). The van der Waals surface area contributed by atoms with Crippen LogP contribution < -0.4 is 4.90 Å². The van der Waals surface area contributed by atoms with Gasteiger partial charge < -0.3 is 9.32 Å². The molecule has 0 saturated carbocycles. The molecular formula is C48H31NO. The number of nitrogens with zero attached hydrogens (tertiary/aromatic N) is 1.